The van der Waals surface area contributed by atoms with Crippen molar-refractivity contribution in [1.29, 1.82) is 0 Å². The zero-order valence-electron chi connectivity index (χ0n) is 13.9. The summed E-state index contributed by atoms with van der Waals surface area (Å²) in [5.74, 6) is 0. The van der Waals surface area contributed by atoms with Gasteiger partial charge in [0.15, 0.2) is 0 Å². The molecule has 0 aromatic heterocycles. The average molecular weight is 389 g/mol. The van der Waals surface area contributed by atoms with Crippen molar-refractivity contribution in [2.75, 3.05) is 12.3 Å². The molecule has 0 spiro atoms. The minimum absolute atomic E-state index is 0. The van der Waals surface area contributed by atoms with Gasteiger partial charge in [-0.25, -0.2) is 0 Å². The van der Waals surface area contributed by atoms with E-state index < -0.39 is 0 Å². The summed E-state index contributed by atoms with van der Waals surface area (Å²) in [5.41, 5.74) is 3.81. The third-order valence-corrected chi connectivity index (χ3v) is 11.8. The second-order valence-electron chi connectivity index (χ2n) is 6.27. The molecule has 0 rings (SSSR count). The van der Waals surface area contributed by atoms with E-state index in [0.717, 1.165) is 22.6 Å². The van der Waals surface area contributed by atoms with Gasteiger partial charge in [-0.2, -0.15) is 0 Å². The molecule has 0 aliphatic carbocycles. The van der Waals surface area contributed by atoms with Crippen LogP contribution in [0.15, 0.2) is 0 Å². The van der Waals surface area contributed by atoms with Gasteiger partial charge in [0, 0.05) is 15.8 Å². The van der Waals surface area contributed by atoms with Gasteiger partial charge in [-0.15, -0.1) is 0 Å². The van der Waals surface area contributed by atoms with Gasteiger partial charge < -0.3 is 27.0 Å². The average Bonchev–Trinajstić information content (AvgIpc) is 2.09. The Morgan fingerprint density at radius 2 is 0.684 bits per heavy atom. The van der Waals surface area contributed by atoms with Gasteiger partial charge in [0.25, 0.3) is 0 Å². The summed E-state index contributed by atoms with van der Waals surface area (Å²) in [5, 5.41) is 0. The van der Waals surface area contributed by atoms with E-state index in [-0.39, 0.29) is 59.3 Å². The second-order valence-corrected chi connectivity index (χ2v) is 14.2. The smallest absolute Gasteiger partial charge is 0.813 e. The molecule has 0 saturated heterocycles. The molecule has 0 aromatic carbocycles. The molecule has 0 saturated carbocycles. The SMILES string of the molecule is CC(C)[PH+](CC[PH+](C(C)C)C(C)C)C(C)C.[Ni+2].[SH-].[SH-]. The van der Waals surface area contributed by atoms with Crippen LogP contribution >= 0.6 is 15.8 Å². The summed E-state index contributed by atoms with van der Waals surface area (Å²) in [6, 6.07) is 0. The van der Waals surface area contributed by atoms with Crippen LogP contribution in [0.5, 0.6) is 0 Å². The van der Waals surface area contributed by atoms with Gasteiger partial charge in [0.05, 0.1) is 35.0 Å². The predicted molar refractivity (Wildman–Crippen MR) is 104 cm³/mol. The summed E-state index contributed by atoms with van der Waals surface area (Å²) in [7, 11) is -0.229. The van der Waals surface area contributed by atoms with Gasteiger partial charge in [-0.3, -0.25) is 0 Å². The van der Waals surface area contributed by atoms with Crippen molar-refractivity contribution in [2.24, 2.45) is 0 Å². The standard InChI is InChI=1S/C14H32P2.Ni.2H2S/c1-11(2)15(12(3)4)9-10-16(13(5)6)14(7)8;;;/h11-14H,9-10H2,1-8H3;;2*1H2/q;+2;;. The van der Waals surface area contributed by atoms with Gasteiger partial charge >= 0.3 is 16.5 Å². The quantitative estimate of drug-likeness (QED) is 0.272. The van der Waals surface area contributed by atoms with E-state index in [2.05, 4.69) is 55.4 Å². The Bertz CT molecular complexity index is 152. The van der Waals surface area contributed by atoms with Gasteiger partial charge in [-0.1, -0.05) is 0 Å². The Balaban J connectivity index is -0.000000375. The predicted octanol–water partition coefficient (Wildman–Crippen LogP) is 4.51. The molecule has 0 bridgehead atoms. The Labute approximate surface area is 149 Å². The Morgan fingerprint density at radius 3 is 0.789 bits per heavy atom. The number of hydrogen-bond acceptors (Lipinski definition) is 2. The van der Waals surface area contributed by atoms with Crippen LogP contribution in [0.2, 0.25) is 0 Å². The molecule has 0 aliphatic heterocycles. The van der Waals surface area contributed by atoms with Crippen molar-refractivity contribution >= 4 is 42.8 Å². The maximum Gasteiger partial charge on any atom is 2.00 e. The van der Waals surface area contributed by atoms with Crippen LogP contribution in [0.1, 0.15) is 55.4 Å². The van der Waals surface area contributed by atoms with Gasteiger partial charge in [0.1, 0.15) is 0 Å². The van der Waals surface area contributed by atoms with E-state index in [0.29, 0.717) is 0 Å². The molecule has 0 radical (unpaired) electrons. The first-order valence-corrected chi connectivity index (χ1v) is 10.7. The van der Waals surface area contributed by atoms with E-state index >= 15 is 0 Å². The van der Waals surface area contributed by atoms with Crippen LogP contribution in [0.25, 0.3) is 0 Å². The molecule has 0 fully saturated rings. The van der Waals surface area contributed by atoms with Crippen molar-refractivity contribution in [3.05, 3.63) is 0 Å². The molecule has 5 heteroatoms. The summed E-state index contributed by atoms with van der Waals surface area (Å²) in [6.45, 7) is 19.5. The fraction of sp³-hybridized carbons (Fsp3) is 1.00. The molecule has 0 atom stereocenters. The van der Waals surface area contributed by atoms with Gasteiger partial charge in [-0.05, 0) is 55.4 Å². The maximum absolute atomic E-state index is 2.44. The molecule has 0 aliphatic rings. The number of rotatable bonds is 7. The maximum atomic E-state index is 2.44. The summed E-state index contributed by atoms with van der Waals surface area (Å²) in [6.07, 6.45) is 3.12. The molecule has 0 heterocycles. The Kier molecular flexibility index (Phi) is 22.9. The van der Waals surface area contributed by atoms with E-state index in [9.17, 15) is 0 Å². The third-order valence-electron chi connectivity index (χ3n) is 3.67. The fourth-order valence-electron chi connectivity index (χ4n) is 2.78. The first-order valence-electron chi connectivity index (χ1n) is 6.98. The number of hydrogen-bond donors (Lipinski definition) is 0. The van der Waals surface area contributed by atoms with Crippen LogP contribution in [-0.4, -0.2) is 35.0 Å². The molecule has 0 nitrogen and oxygen atoms in total. The fourth-order valence-corrected chi connectivity index (χ4v) is 10.1. The third kappa shape index (κ3) is 12.3. The van der Waals surface area contributed by atoms with Crippen molar-refractivity contribution in [3.8, 4) is 0 Å². The number of thiol groups is 2. The topological polar surface area (TPSA) is 0 Å². The minimum Gasteiger partial charge on any atom is -0.813 e. The van der Waals surface area contributed by atoms with E-state index in [1.54, 1.807) is 12.3 Å². The summed E-state index contributed by atoms with van der Waals surface area (Å²) >= 11 is 0. The van der Waals surface area contributed by atoms with Crippen molar-refractivity contribution in [3.63, 3.8) is 0 Å². The van der Waals surface area contributed by atoms with Gasteiger partial charge in [0.2, 0.25) is 0 Å². The van der Waals surface area contributed by atoms with Crippen LogP contribution < -0.4 is 0 Å². The van der Waals surface area contributed by atoms with E-state index in [4.69, 9.17) is 0 Å². The van der Waals surface area contributed by atoms with E-state index in [1.165, 1.54) is 0 Å². The molecular formula is C14H36NiP2S2+2. The normalized spacial score (nSPS) is 11.1. The van der Waals surface area contributed by atoms with Crippen LogP contribution in [0.4, 0.5) is 0 Å². The zero-order valence-corrected chi connectivity index (χ0v) is 18.7. The minimum atomic E-state index is -0.114. The Morgan fingerprint density at radius 1 is 0.526 bits per heavy atom. The van der Waals surface area contributed by atoms with Crippen LogP contribution in [0.3, 0.4) is 0 Å². The molecule has 19 heavy (non-hydrogen) atoms. The summed E-state index contributed by atoms with van der Waals surface area (Å²) < 4.78 is 0. The molecule has 0 N–H and O–H groups in total. The molecule has 0 amide bonds. The van der Waals surface area contributed by atoms with Crippen molar-refractivity contribution in [2.45, 2.75) is 78.0 Å². The first-order chi connectivity index (χ1) is 7.27. The van der Waals surface area contributed by atoms with Crippen molar-refractivity contribution in [1.82, 2.24) is 0 Å². The molecule has 122 valence electrons. The van der Waals surface area contributed by atoms with E-state index in [1.807, 2.05) is 0 Å². The zero-order chi connectivity index (χ0) is 12.9. The van der Waals surface area contributed by atoms with Crippen LogP contribution in [0, 0.1) is 0 Å². The molecule has 0 unspecified atom stereocenters. The molecule has 0 aromatic rings. The van der Waals surface area contributed by atoms with Crippen LogP contribution in [-0.2, 0) is 43.5 Å². The monoisotopic (exact) mass is 388 g/mol. The Hall–Kier alpha value is 2.05. The summed E-state index contributed by atoms with van der Waals surface area (Å²) in [4.78, 5) is 0. The first kappa shape index (κ1) is 29.1. The largest absolute Gasteiger partial charge is 2.00 e. The molecular weight excluding hydrogens is 353 g/mol. The second kappa shape index (κ2) is 15.0. The van der Waals surface area contributed by atoms with Crippen molar-refractivity contribution < 1.29 is 16.5 Å².